The average Bonchev–Trinajstić information content (AvgIpc) is 2.43. The SMILES string of the molecule is COc1ccc(C(=O)CN2CCCC(C)C2=O)cc1Cl. The van der Waals surface area contributed by atoms with Crippen LogP contribution in [-0.2, 0) is 4.79 Å². The molecule has 0 aromatic heterocycles. The Hall–Kier alpha value is -1.55. The molecule has 1 fully saturated rings. The van der Waals surface area contributed by atoms with Crippen LogP contribution in [0.5, 0.6) is 5.75 Å². The molecule has 0 radical (unpaired) electrons. The van der Waals surface area contributed by atoms with Crippen LogP contribution in [0.3, 0.4) is 0 Å². The van der Waals surface area contributed by atoms with Crippen LogP contribution in [0, 0.1) is 5.92 Å². The van der Waals surface area contributed by atoms with E-state index in [-0.39, 0.29) is 24.2 Å². The van der Waals surface area contributed by atoms with Gasteiger partial charge < -0.3 is 9.64 Å². The average molecular weight is 296 g/mol. The Morgan fingerprint density at radius 2 is 2.25 bits per heavy atom. The summed E-state index contributed by atoms with van der Waals surface area (Å²) < 4.78 is 5.05. The first-order chi connectivity index (χ1) is 9.52. The number of ketones is 1. The molecule has 1 atom stereocenters. The summed E-state index contributed by atoms with van der Waals surface area (Å²) in [6.07, 6.45) is 1.85. The standard InChI is InChI=1S/C15H18ClNO3/c1-10-4-3-7-17(15(10)19)9-13(18)11-5-6-14(20-2)12(16)8-11/h5-6,8,10H,3-4,7,9H2,1-2H3. The van der Waals surface area contributed by atoms with E-state index < -0.39 is 0 Å². The second-order valence-electron chi connectivity index (χ2n) is 5.08. The van der Waals surface area contributed by atoms with E-state index in [1.165, 1.54) is 7.11 Å². The van der Waals surface area contributed by atoms with E-state index in [0.717, 1.165) is 12.8 Å². The largest absolute Gasteiger partial charge is 0.495 e. The Kier molecular flexibility index (Phi) is 4.65. The zero-order valence-electron chi connectivity index (χ0n) is 11.7. The zero-order valence-corrected chi connectivity index (χ0v) is 12.4. The summed E-state index contributed by atoms with van der Waals surface area (Å²) in [5.41, 5.74) is 0.502. The molecular formula is C15H18ClNO3. The Labute approximate surface area is 123 Å². The Balaban J connectivity index is 2.08. The normalized spacial score (nSPS) is 19.1. The van der Waals surface area contributed by atoms with Gasteiger partial charge in [0, 0.05) is 18.0 Å². The lowest BCUT2D eigenvalue weighted by Crippen LogP contribution is -2.43. The van der Waals surface area contributed by atoms with E-state index in [1.807, 2.05) is 6.92 Å². The van der Waals surface area contributed by atoms with Crippen molar-refractivity contribution in [3.8, 4) is 5.75 Å². The van der Waals surface area contributed by atoms with Crippen molar-refractivity contribution in [3.05, 3.63) is 28.8 Å². The van der Waals surface area contributed by atoms with Gasteiger partial charge in [-0.25, -0.2) is 0 Å². The van der Waals surface area contributed by atoms with Gasteiger partial charge in [-0.05, 0) is 31.0 Å². The minimum Gasteiger partial charge on any atom is -0.495 e. The number of benzene rings is 1. The van der Waals surface area contributed by atoms with Gasteiger partial charge in [0.1, 0.15) is 5.75 Å². The minimum atomic E-state index is -0.1000. The quantitative estimate of drug-likeness (QED) is 0.803. The highest BCUT2D eigenvalue weighted by Gasteiger charge is 2.26. The number of Topliss-reactive ketones (excluding diaryl/α,β-unsaturated/α-hetero) is 1. The topological polar surface area (TPSA) is 46.6 Å². The molecular weight excluding hydrogens is 278 g/mol. The molecule has 1 aromatic rings. The van der Waals surface area contributed by atoms with Crippen LogP contribution in [0.1, 0.15) is 30.1 Å². The van der Waals surface area contributed by atoms with Crippen molar-refractivity contribution in [1.29, 1.82) is 0 Å². The number of hydrogen-bond acceptors (Lipinski definition) is 3. The monoisotopic (exact) mass is 295 g/mol. The van der Waals surface area contributed by atoms with Gasteiger partial charge in [0.2, 0.25) is 5.91 Å². The zero-order chi connectivity index (χ0) is 14.7. The van der Waals surface area contributed by atoms with E-state index in [2.05, 4.69) is 0 Å². The van der Waals surface area contributed by atoms with Crippen LogP contribution < -0.4 is 4.74 Å². The van der Waals surface area contributed by atoms with Gasteiger partial charge in [0.05, 0.1) is 18.7 Å². The predicted octanol–water partition coefficient (Wildman–Crippen LogP) is 2.79. The number of rotatable bonds is 4. The molecule has 1 aliphatic rings. The number of nitrogens with zero attached hydrogens (tertiary/aromatic N) is 1. The summed E-state index contributed by atoms with van der Waals surface area (Å²) >= 11 is 6.01. The van der Waals surface area contributed by atoms with Crippen LogP contribution in [0.15, 0.2) is 18.2 Å². The summed E-state index contributed by atoms with van der Waals surface area (Å²) in [5, 5.41) is 0.400. The molecule has 5 heteroatoms. The highest BCUT2D eigenvalue weighted by Crippen LogP contribution is 2.25. The molecule has 1 heterocycles. The van der Waals surface area contributed by atoms with Crippen molar-refractivity contribution in [2.24, 2.45) is 5.92 Å². The summed E-state index contributed by atoms with van der Waals surface area (Å²) in [4.78, 5) is 25.8. The molecule has 1 aliphatic heterocycles. The van der Waals surface area contributed by atoms with Gasteiger partial charge in [-0.3, -0.25) is 9.59 Å². The van der Waals surface area contributed by atoms with E-state index in [0.29, 0.717) is 22.9 Å². The van der Waals surface area contributed by atoms with E-state index in [9.17, 15) is 9.59 Å². The van der Waals surface area contributed by atoms with Crippen molar-refractivity contribution in [2.75, 3.05) is 20.2 Å². The summed E-state index contributed by atoms with van der Waals surface area (Å²) in [5.74, 6) is 0.503. The Morgan fingerprint density at radius 3 is 2.90 bits per heavy atom. The molecule has 20 heavy (non-hydrogen) atoms. The van der Waals surface area contributed by atoms with Gasteiger partial charge in [0.15, 0.2) is 5.78 Å². The first kappa shape index (κ1) is 14.9. The van der Waals surface area contributed by atoms with Crippen LogP contribution in [-0.4, -0.2) is 36.8 Å². The Bertz CT molecular complexity index is 530. The molecule has 1 amide bonds. The number of hydrogen-bond donors (Lipinski definition) is 0. The molecule has 0 spiro atoms. The maximum absolute atomic E-state index is 12.2. The van der Waals surface area contributed by atoms with Gasteiger partial charge in [-0.15, -0.1) is 0 Å². The third-order valence-electron chi connectivity index (χ3n) is 3.61. The molecule has 1 saturated heterocycles. The number of carbonyl (C=O) groups is 2. The van der Waals surface area contributed by atoms with Crippen molar-refractivity contribution in [2.45, 2.75) is 19.8 Å². The highest BCUT2D eigenvalue weighted by atomic mass is 35.5. The lowest BCUT2D eigenvalue weighted by molar-refractivity contribution is -0.137. The molecule has 0 bridgehead atoms. The maximum Gasteiger partial charge on any atom is 0.225 e. The number of carbonyl (C=O) groups excluding carboxylic acids is 2. The molecule has 2 rings (SSSR count). The molecule has 0 saturated carbocycles. The van der Waals surface area contributed by atoms with Crippen LogP contribution in [0.2, 0.25) is 5.02 Å². The fourth-order valence-corrected chi connectivity index (χ4v) is 2.65. The van der Waals surface area contributed by atoms with Crippen LogP contribution in [0.4, 0.5) is 0 Å². The molecule has 4 nitrogen and oxygen atoms in total. The second kappa shape index (κ2) is 6.27. The van der Waals surface area contributed by atoms with Crippen molar-refractivity contribution in [1.82, 2.24) is 4.90 Å². The summed E-state index contributed by atoms with van der Waals surface area (Å²) in [6, 6.07) is 4.92. The first-order valence-electron chi connectivity index (χ1n) is 6.68. The third kappa shape index (κ3) is 3.12. The Morgan fingerprint density at radius 1 is 1.50 bits per heavy atom. The number of methoxy groups -OCH3 is 1. The molecule has 108 valence electrons. The minimum absolute atomic E-state index is 0.0102. The number of ether oxygens (including phenoxy) is 1. The van der Waals surface area contributed by atoms with Crippen molar-refractivity contribution < 1.29 is 14.3 Å². The van der Waals surface area contributed by atoms with Crippen LogP contribution >= 0.6 is 11.6 Å². The fraction of sp³-hybridized carbons (Fsp3) is 0.467. The van der Waals surface area contributed by atoms with Crippen molar-refractivity contribution in [3.63, 3.8) is 0 Å². The molecule has 0 aliphatic carbocycles. The van der Waals surface area contributed by atoms with Gasteiger partial charge >= 0.3 is 0 Å². The lowest BCUT2D eigenvalue weighted by Gasteiger charge is -2.30. The van der Waals surface area contributed by atoms with Crippen LogP contribution in [0.25, 0.3) is 0 Å². The van der Waals surface area contributed by atoms with E-state index in [4.69, 9.17) is 16.3 Å². The summed E-state index contributed by atoms with van der Waals surface area (Å²) in [7, 11) is 1.52. The number of amides is 1. The predicted molar refractivity (Wildman–Crippen MR) is 77.3 cm³/mol. The lowest BCUT2D eigenvalue weighted by atomic mass is 9.98. The van der Waals surface area contributed by atoms with Gasteiger partial charge in [-0.1, -0.05) is 18.5 Å². The molecule has 0 N–H and O–H groups in total. The fourth-order valence-electron chi connectivity index (χ4n) is 2.40. The second-order valence-corrected chi connectivity index (χ2v) is 5.48. The number of halogens is 1. The summed E-state index contributed by atoms with van der Waals surface area (Å²) in [6.45, 7) is 2.67. The molecule has 1 unspecified atom stereocenters. The first-order valence-corrected chi connectivity index (χ1v) is 7.06. The molecule has 1 aromatic carbocycles. The smallest absolute Gasteiger partial charge is 0.225 e. The highest BCUT2D eigenvalue weighted by molar-refractivity contribution is 6.32. The maximum atomic E-state index is 12.2. The number of likely N-dealkylation sites (tertiary alicyclic amines) is 1. The number of piperidine rings is 1. The van der Waals surface area contributed by atoms with E-state index in [1.54, 1.807) is 23.1 Å². The van der Waals surface area contributed by atoms with E-state index >= 15 is 0 Å². The third-order valence-corrected chi connectivity index (χ3v) is 3.90. The van der Waals surface area contributed by atoms with Crippen molar-refractivity contribution >= 4 is 23.3 Å². The van der Waals surface area contributed by atoms with Gasteiger partial charge in [0.25, 0.3) is 0 Å². The van der Waals surface area contributed by atoms with Gasteiger partial charge in [-0.2, -0.15) is 0 Å².